The third kappa shape index (κ3) is 3.07. The Kier molecular flexibility index (Phi) is 3.54. The molecule has 7 heteroatoms. The van der Waals surface area contributed by atoms with Crippen LogP contribution in [-0.4, -0.2) is 10.6 Å². The second kappa shape index (κ2) is 5.38. The number of para-hydroxylation sites is 1. The van der Waals surface area contributed by atoms with E-state index in [4.69, 9.17) is 4.42 Å². The fourth-order valence-electron chi connectivity index (χ4n) is 1.94. The molecule has 3 aromatic rings. The normalized spacial score (nSPS) is 11.6. The van der Waals surface area contributed by atoms with E-state index in [1.54, 1.807) is 24.3 Å². The zero-order valence-electron chi connectivity index (χ0n) is 10.9. The first-order chi connectivity index (χ1) is 10.4. The molecule has 0 amide bonds. The smallest absolute Gasteiger partial charge is 0.420 e. The van der Waals surface area contributed by atoms with Crippen molar-refractivity contribution in [2.24, 2.45) is 0 Å². The molecule has 112 valence electrons. The van der Waals surface area contributed by atoms with Crippen molar-refractivity contribution in [3.63, 3.8) is 0 Å². The molecule has 3 rings (SSSR count). The van der Waals surface area contributed by atoms with E-state index in [2.05, 4.69) is 21.3 Å². The van der Waals surface area contributed by atoms with Crippen molar-refractivity contribution in [3.8, 4) is 17.2 Å². The van der Waals surface area contributed by atoms with Crippen LogP contribution in [0.2, 0.25) is 0 Å². The van der Waals surface area contributed by atoms with Crippen molar-refractivity contribution >= 4 is 22.5 Å². The lowest BCUT2D eigenvalue weighted by Gasteiger charge is -2.10. The van der Waals surface area contributed by atoms with Gasteiger partial charge in [0.05, 0.1) is 10.9 Å². The Labute approximate surface area is 127 Å². The van der Waals surface area contributed by atoms with E-state index in [0.29, 0.717) is 16.5 Å². The lowest BCUT2D eigenvalue weighted by molar-refractivity contribution is -0.0964. The lowest BCUT2D eigenvalue weighted by atomic mass is 10.2. The standard InChI is InChI=1S/C15H8ClF2NO3/c16-15(17,18)22-10-7-5-9(6-8-10)13-19-12-4-2-1-3-11(12)14(20)21-13/h1-8H. The fourth-order valence-corrected chi connectivity index (χ4v) is 2.03. The number of hydrogen-bond donors (Lipinski definition) is 0. The second-order valence-corrected chi connectivity index (χ2v) is 4.84. The molecule has 2 aromatic carbocycles. The van der Waals surface area contributed by atoms with Crippen LogP contribution in [0.4, 0.5) is 8.78 Å². The van der Waals surface area contributed by atoms with Crippen LogP contribution in [0.1, 0.15) is 0 Å². The molecular formula is C15H8ClF2NO3. The summed E-state index contributed by atoms with van der Waals surface area (Å²) in [4.78, 5) is 16.1. The Morgan fingerprint density at radius 2 is 1.77 bits per heavy atom. The molecule has 0 aliphatic heterocycles. The number of hydrogen-bond acceptors (Lipinski definition) is 4. The fraction of sp³-hybridized carbons (Fsp3) is 0.0667. The summed E-state index contributed by atoms with van der Waals surface area (Å²) in [5.74, 6) is -0.0280. The Morgan fingerprint density at radius 3 is 2.45 bits per heavy atom. The van der Waals surface area contributed by atoms with Crippen molar-refractivity contribution in [2.75, 3.05) is 0 Å². The van der Waals surface area contributed by atoms with Gasteiger partial charge in [0.1, 0.15) is 5.75 Å². The minimum atomic E-state index is -3.78. The zero-order chi connectivity index (χ0) is 15.7. The molecule has 0 fully saturated rings. The molecule has 0 spiro atoms. The number of fused-ring (bicyclic) bond motifs is 1. The molecule has 0 saturated carbocycles. The summed E-state index contributed by atoms with van der Waals surface area (Å²) >= 11 is 4.68. The van der Waals surface area contributed by atoms with Crippen LogP contribution in [0.3, 0.4) is 0 Å². The number of ether oxygens (including phenoxy) is 1. The topological polar surface area (TPSA) is 52.3 Å². The van der Waals surface area contributed by atoms with Gasteiger partial charge in [0.25, 0.3) is 0 Å². The minimum Gasteiger partial charge on any atom is -0.420 e. The van der Waals surface area contributed by atoms with Crippen LogP contribution in [0.15, 0.2) is 57.7 Å². The lowest BCUT2D eigenvalue weighted by Crippen LogP contribution is -2.15. The molecule has 0 N–H and O–H groups in total. The Morgan fingerprint density at radius 1 is 1.09 bits per heavy atom. The molecule has 1 aromatic heterocycles. The monoisotopic (exact) mass is 323 g/mol. The number of benzene rings is 2. The average molecular weight is 324 g/mol. The van der Waals surface area contributed by atoms with Gasteiger partial charge >= 0.3 is 11.2 Å². The molecule has 0 aliphatic carbocycles. The first-order valence-corrected chi connectivity index (χ1v) is 6.56. The second-order valence-electron chi connectivity index (χ2n) is 4.40. The maximum atomic E-state index is 12.5. The van der Waals surface area contributed by atoms with Gasteiger partial charge in [-0.05, 0) is 36.4 Å². The summed E-state index contributed by atoms with van der Waals surface area (Å²) in [5, 5.41) is 0.369. The van der Waals surface area contributed by atoms with E-state index >= 15 is 0 Å². The van der Waals surface area contributed by atoms with Crippen molar-refractivity contribution in [2.45, 2.75) is 5.57 Å². The van der Waals surface area contributed by atoms with Gasteiger partial charge in [-0.3, -0.25) is 0 Å². The third-order valence-electron chi connectivity index (χ3n) is 2.87. The molecule has 1 heterocycles. The van der Waals surface area contributed by atoms with Crippen molar-refractivity contribution < 1.29 is 17.9 Å². The zero-order valence-corrected chi connectivity index (χ0v) is 11.7. The number of nitrogens with zero attached hydrogens (tertiary/aromatic N) is 1. The highest BCUT2D eigenvalue weighted by Crippen LogP contribution is 2.27. The van der Waals surface area contributed by atoms with Crippen molar-refractivity contribution in [3.05, 3.63) is 59.0 Å². The molecule has 0 unspecified atom stereocenters. The maximum absolute atomic E-state index is 12.5. The molecule has 0 radical (unpaired) electrons. The van der Waals surface area contributed by atoms with Crippen molar-refractivity contribution in [1.82, 2.24) is 4.98 Å². The highest BCUT2D eigenvalue weighted by Gasteiger charge is 2.27. The molecule has 0 bridgehead atoms. The van der Waals surface area contributed by atoms with Gasteiger partial charge < -0.3 is 9.15 Å². The molecule has 4 nitrogen and oxygen atoms in total. The average Bonchev–Trinajstić information content (AvgIpc) is 2.46. The largest absolute Gasteiger partial charge is 0.487 e. The molecule has 22 heavy (non-hydrogen) atoms. The summed E-state index contributed by atoms with van der Waals surface area (Å²) in [5.41, 5.74) is -3.36. The maximum Gasteiger partial charge on any atom is 0.487 e. The SMILES string of the molecule is O=c1oc(-c2ccc(OC(F)(F)Cl)cc2)nc2ccccc12. The Bertz CT molecular complexity index is 872. The quantitative estimate of drug-likeness (QED) is 0.683. The van der Waals surface area contributed by atoms with E-state index in [1.165, 1.54) is 24.3 Å². The van der Waals surface area contributed by atoms with E-state index < -0.39 is 11.2 Å². The van der Waals surface area contributed by atoms with Crippen molar-refractivity contribution in [1.29, 1.82) is 0 Å². The van der Waals surface area contributed by atoms with Crippen LogP contribution in [-0.2, 0) is 0 Å². The summed E-state index contributed by atoms with van der Waals surface area (Å²) in [7, 11) is 0. The summed E-state index contributed by atoms with van der Waals surface area (Å²) in [6.07, 6.45) is 0. The van der Waals surface area contributed by atoms with Crippen LogP contribution in [0.25, 0.3) is 22.4 Å². The molecule has 0 saturated heterocycles. The first-order valence-electron chi connectivity index (χ1n) is 6.18. The minimum absolute atomic E-state index is 0.0906. The third-order valence-corrected chi connectivity index (χ3v) is 2.95. The number of aromatic nitrogens is 1. The first kappa shape index (κ1) is 14.5. The predicted molar refractivity (Wildman–Crippen MR) is 77.1 cm³/mol. The van der Waals surface area contributed by atoms with Gasteiger partial charge in [0.2, 0.25) is 5.89 Å². The number of rotatable bonds is 3. The highest BCUT2D eigenvalue weighted by atomic mass is 35.5. The Balaban J connectivity index is 1.99. The van der Waals surface area contributed by atoms with Crippen LogP contribution >= 0.6 is 11.6 Å². The molecule has 0 atom stereocenters. The van der Waals surface area contributed by atoms with Gasteiger partial charge in [-0.1, -0.05) is 12.1 Å². The van der Waals surface area contributed by atoms with Gasteiger partial charge in [0, 0.05) is 17.2 Å². The number of halogens is 3. The van der Waals surface area contributed by atoms with Gasteiger partial charge in [0.15, 0.2) is 0 Å². The van der Waals surface area contributed by atoms with Gasteiger partial charge in [-0.25, -0.2) is 9.78 Å². The van der Waals surface area contributed by atoms with Gasteiger partial charge in [-0.2, -0.15) is 0 Å². The predicted octanol–water partition coefficient (Wildman–Crippen LogP) is 4.02. The van der Waals surface area contributed by atoms with E-state index in [9.17, 15) is 13.6 Å². The summed E-state index contributed by atoms with van der Waals surface area (Å²) in [6, 6.07) is 12.2. The summed E-state index contributed by atoms with van der Waals surface area (Å²) in [6.45, 7) is 0. The van der Waals surface area contributed by atoms with Crippen LogP contribution in [0, 0.1) is 0 Å². The molecule has 0 aliphatic rings. The van der Waals surface area contributed by atoms with Gasteiger partial charge in [-0.15, -0.1) is 8.78 Å². The van der Waals surface area contributed by atoms with Crippen LogP contribution in [0.5, 0.6) is 5.75 Å². The van der Waals surface area contributed by atoms with E-state index in [1.807, 2.05) is 0 Å². The van der Waals surface area contributed by atoms with E-state index in [0.717, 1.165) is 0 Å². The molecular weight excluding hydrogens is 316 g/mol. The van der Waals surface area contributed by atoms with E-state index in [-0.39, 0.29) is 11.6 Å². The number of alkyl halides is 3. The summed E-state index contributed by atoms with van der Waals surface area (Å²) < 4.78 is 34.4. The highest BCUT2D eigenvalue weighted by molar-refractivity contribution is 6.20. The van der Waals surface area contributed by atoms with Crippen LogP contribution < -0.4 is 10.4 Å². The Hall–Kier alpha value is -2.47.